The Labute approximate surface area is 178 Å². The number of urea groups is 1. The fourth-order valence-corrected chi connectivity index (χ4v) is 4.37. The molecule has 3 aromatic rings. The first-order valence-electron chi connectivity index (χ1n) is 9.67. The standard InChI is InChI=1S/C21H22N6O2S/c1-2-27(14-6-5-10-23-12-14)21(29)26-11-9-17-18(13-26)30-20(25-17)19(28)24-16-8-4-3-7-15(16)22/h3-8,10,12H,2,9,11,13,22H2,1H3,(H,24,28). The molecule has 0 bridgehead atoms. The molecular formula is C21H22N6O2S. The topological polar surface area (TPSA) is 104 Å². The maximum Gasteiger partial charge on any atom is 0.324 e. The SMILES string of the molecule is CCN(C(=O)N1CCc2nc(C(=O)Nc3ccccc3N)sc2C1)c1cccnc1. The number of thiazole rings is 1. The molecule has 0 fully saturated rings. The summed E-state index contributed by atoms with van der Waals surface area (Å²) in [7, 11) is 0. The number of hydrogen-bond acceptors (Lipinski definition) is 6. The molecule has 0 radical (unpaired) electrons. The number of hydrogen-bond donors (Lipinski definition) is 2. The monoisotopic (exact) mass is 422 g/mol. The normalized spacial score (nSPS) is 12.9. The summed E-state index contributed by atoms with van der Waals surface area (Å²) in [6, 6.07) is 10.7. The number of nitrogens with zero attached hydrogens (tertiary/aromatic N) is 4. The Balaban J connectivity index is 1.48. The van der Waals surface area contributed by atoms with Gasteiger partial charge in [0, 0.05) is 30.6 Å². The number of aromatic nitrogens is 2. The van der Waals surface area contributed by atoms with Crippen molar-refractivity contribution in [2.45, 2.75) is 19.9 Å². The second kappa shape index (κ2) is 8.50. The fourth-order valence-electron chi connectivity index (χ4n) is 3.35. The van der Waals surface area contributed by atoms with Crippen molar-refractivity contribution in [1.82, 2.24) is 14.9 Å². The van der Waals surface area contributed by atoms with Crippen molar-refractivity contribution >= 4 is 40.3 Å². The van der Waals surface area contributed by atoms with Crippen LogP contribution >= 0.6 is 11.3 Å². The van der Waals surface area contributed by atoms with E-state index in [1.54, 1.807) is 34.3 Å². The van der Waals surface area contributed by atoms with Crippen LogP contribution in [0.4, 0.5) is 21.9 Å². The maximum absolute atomic E-state index is 13.1. The van der Waals surface area contributed by atoms with Gasteiger partial charge in [-0.25, -0.2) is 9.78 Å². The zero-order valence-electron chi connectivity index (χ0n) is 16.5. The van der Waals surface area contributed by atoms with Gasteiger partial charge in [-0.3, -0.25) is 14.7 Å². The number of nitrogen functional groups attached to an aromatic ring is 1. The van der Waals surface area contributed by atoms with Crippen molar-refractivity contribution in [3.05, 3.63) is 64.4 Å². The van der Waals surface area contributed by atoms with Crippen molar-refractivity contribution < 1.29 is 9.59 Å². The molecule has 0 saturated carbocycles. The van der Waals surface area contributed by atoms with Gasteiger partial charge in [0.15, 0.2) is 5.01 Å². The van der Waals surface area contributed by atoms with E-state index in [4.69, 9.17) is 5.73 Å². The average Bonchev–Trinajstić information content (AvgIpc) is 3.20. The molecule has 3 N–H and O–H groups in total. The van der Waals surface area contributed by atoms with Gasteiger partial charge in [0.1, 0.15) is 0 Å². The van der Waals surface area contributed by atoms with E-state index in [1.165, 1.54) is 11.3 Å². The fraction of sp³-hybridized carbons (Fsp3) is 0.238. The number of carbonyl (C=O) groups excluding carboxylic acids is 2. The highest BCUT2D eigenvalue weighted by Gasteiger charge is 2.28. The second-order valence-corrected chi connectivity index (χ2v) is 7.92. The molecule has 154 valence electrons. The number of nitrogens with two attached hydrogens (primary N) is 1. The highest BCUT2D eigenvalue weighted by molar-refractivity contribution is 7.13. The first-order chi connectivity index (χ1) is 14.6. The first kappa shape index (κ1) is 19.8. The van der Waals surface area contributed by atoms with E-state index in [9.17, 15) is 9.59 Å². The van der Waals surface area contributed by atoms with E-state index >= 15 is 0 Å². The van der Waals surface area contributed by atoms with Gasteiger partial charge in [-0.1, -0.05) is 12.1 Å². The van der Waals surface area contributed by atoms with E-state index < -0.39 is 0 Å². The number of carbonyl (C=O) groups is 2. The van der Waals surface area contributed by atoms with Crippen molar-refractivity contribution in [2.75, 3.05) is 29.0 Å². The van der Waals surface area contributed by atoms with Crippen molar-refractivity contribution in [3.63, 3.8) is 0 Å². The second-order valence-electron chi connectivity index (χ2n) is 6.84. The molecule has 4 rings (SSSR count). The van der Waals surface area contributed by atoms with Crippen LogP contribution in [-0.4, -0.2) is 39.9 Å². The van der Waals surface area contributed by atoms with Gasteiger partial charge in [0.25, 0.3) is 5.91 Å². The summed E-state index contributed by atoms with van der Waals surface area (Å²) in [5.74, 6) is -0.296. The number of nitrogens with one attached hydrogen (secondary N) is 1. The summed E-state index contributed by atoms with van der Waals surface area (Å²) in [5.41, 5.74) is 8.60. The Hall–Kier alpha value is -3.46. The third kappa shape index (κ3) is 3.97. The smallest absolute Gasteiger partial charge is 0.324 e. The molecule has 0 saturated heterocycles. The molecule has 3 heterocycles. The van der Waals surface area contributed by atoms with Crippen LogP contribution in [0.3, 0.4) is 0 Å². The quantitative estimate of drug-likeness (QED) is 0.627. The molecule has 9 heteroatoms. The third-order valence-corrected chi connectivity index (χ3v) is 5.99. The molecule has 1 aliphatic rings. The van der Waals surface area contributed by atoms with Crippen LogP contribution in [0.15, 0.2) is 48.8 Å². The van der Waals surface area contributed by atoms with Gasteiger partial charge in [0.2, 0.25) is 0 Å². The van der Waals surface area contributed by atoms with E-state index in [1.807, 2.05) is 31.2 Å². The Bertz CT molecular complexity index is 1070. The van der Waals surface area contributed by atoms with E-state index in [0.29, 0.717) is 42.4 Å². The van der Waals surface area contributed by atoms with Crippen LogP contribution in [0.1, 0.15) is 27.3 Å². The number of amides is 3. The predicted molar refractivity (Wildman–Crippen MR) is 118 cm³/mol. The molecule has 0 unspecified atom stereocenters. The third-order valence-electron chi connectivity index (χ3n) is 4.91. The van der Waals surface area contributed by atoms with Crippen LogP contribution in [0.25, 0.3) is 0 Å². The van der Waals surface area contributed by atoms with Gasteiger partial charge in [-0.15, -0.1) is 11.3 Å². The van der Waals surface area contributed by atoms with E-state index in [2.05, 4.69) is 15.3 Å². The van der Waals surface area contributed by atoms with Crippen LogP contribution < -0.4 is 16.0 Å². The lowest BCUT2D eigenvalue weighted by atomic mass is 10.2. The van der Waals surface area contributed by atoms with Crippen molar-refractivity contribution in [2.24, 2.45) is 0 Å². The van der Waals surface area contributed by atoms with E-state index in [-0.39, 0.29) is 11.9 Å². The molecular weight excluding hydrogens is 400 g/mol. The van der Waals surface area contributed by atoms with Crippen LogP contribution in [0, 0.1) is 0 Å². The summed E-state index contributed by atoms with van der Waals surface area (Å²) in [6.45, 7) is 3.47. The summed E-state index contributed by atoms with van der Waals surface area (Å²) in [4.78, 5) is 38.7. The zero-order chi connectivity index (χ0) is 21.1. The van der Waals surface area contributed by atoms with Gasteiger partial charge in [-0.2, -0.15) is 0 Å². The Morgan fingerprint density at radius 3 is 2.83 bits per heavy atom. The van der Waals surface area contributed by atoms with Gasteiger partial charge in [0.05, 0.1) is 35.5 Å². The first-order valence-corrected chi connectivity index (χ1v) is 10.5. The Morgan fingerprint density at radius 1 is 1.27 bits per heavy atom. The molecule has 1 aromatic carbocycles. The number of fused-ring (bicyclic) bond motifs is 1. The summed E-state index contributed by atoms with van der Waals surface area (Å²) in [5, 5.41) is 3.18. The van der Waals surface area contributed by atoms with Gasteiger partial charge < -0.3 is 16.0 Å². The Morgan fingerprint density at radius 2 is 2.10 bits per heavy atom. The molecule has 8 nitrogen and oxygen atoms in total. The molecule has 3 amide bonds. The van der Waals surface area contributed by atoms with Gasteiger partial charge >= 0.3 is 6.03 Å². The summed E-state index contributed by atoms with van der Waals surface area (Å²) in [6.07, 6.45) is 3.98. The number of anilines is 3. The van der Waals surface area contributed by atoms with Crippen LogP contribution in [-0.2, 0) is 13.0 Å². The molecule has 0 atom stereocenters. The highest BCUT2D eigenvalue weighted by atomic mass is 32.1. The van der Waals surface area contributed by atoms with Crippen LogP contribution in [0.2, 0.25) is 0 Å². The lowest BCUT2D eigenvalue weighted by Crippen LogP contribution is -2.45. The minimum atomic E-state index is -0.296. The van der Waals surface area contributed by atoms with Crippen molar-refractivity contribution in [3.8, 4) is 0 Å². The molecule has 2 aromatic heterocycles. The minimum Gasteiger partial charge on any atom is -0.397 e. The Kier molecular flexibility index (Phi) is 5.62. The summed E-state index contributed by atoms with van der Waals surface area (Å²) >= 11 is 1.32. The maximum atomic E-state index is 13.1. The number of benzene rings is 1. The number of rotatable bonds is 4. The largest absolute Gasteiger partial charge is 0.397 e. The highest BCUT2D eigenvalue weighted by Crippen LogP contribution is 2.28. The molecule has 1 aliphatic heterocycles. The minimum absolute atomic E-state index is 0.0763. The van der Waals surface area contributed by atoms with Crippen molar-refractivity contribution in [1.29, 1.82) is 0 Å². The van der Waals surface area contributed by atoms with Gasteiger partial charge in [-0.05, 0) is 31.2 Å². The molecule has 0 spiro atoms. The lowest BCUT2D eigenvalue weighted by molar-refractivity contribution is 0.102. The lowest BCUT2D eigenvalue weighted by Gasteiger charge is -2.31. The number of para-hydroxylation sites is 2. The molecule has 0 aliphatic carbocycles. The average molecular weight is 423 g/mol. The predicted octanol–water partition coefficient (Wildman–Crippen LogP) is 3.38. The zero-order valence-corrected chi connectivity index (χ0v) is 17.4. The number of pyridine rings is 1. The van der Waals surface area contributed by atoms with Crippen LogP contribution in [0.5, 0.6) is 0 Å². The molecule has 30 heavy (non-hydrogen) atoms. The van der Waals surface area contributed by atoms with E-state index in [0.717, 1.165) is 16.3 Å². The summed E-state index contributed by atoms with van der Waals surface area (Å²) < 4.78 is 0.